The van der Waals surface area contributed by atoms with Crippen LogP contribution in [-0.2, 0) is 4.79 Å². The lowest BCUT2D eigenvalue weighted by atomic mass is 10.1. The van der Waals surface area contributed by atoms with Crippen molar-refractivity contribution in [2.75, 3.05) is 23.3 Å². The van der Waals surface area contributed by atoms with E-state index in [4.69, 9.17) is 0 Å². The second-order valence-electron chi connectivity index (χ2n) is 7.08. The molecule has 3 aromatic carbocycles. The summed E-state index contributed by atoms with van der Waals surface area (Å²) in [5.41, 5.74) is 3.25. The average Bonchev–Trinajstić information content (AvgIpc) is 2.78. The summed E-state index contributed by atoms with van der Waals surface area (Å²) in [6.07, 6.45) is 0. The van der Waals surface area contributed by atoms with Crippen molar-refractivity contribution in [3.63, 3.8) is 0 Å². The molecule has 0 heterocycles. The Morgan fingerprint density at radius 1 is 0.900 bits per heavy atom. The number of likely N-dealkylation sites (N-methyl/N-ethyl adjacent to an activating group) is 1. The van der Waals surface area contributed by atoms with Gasteiger partial charge in [0.1, 0.15) is 0 Å². The Hall–Kier alpha value is -3.60. The van der Waals surface area contributed by atoms with E-state index in [1.165, 1.54) is 0 Å². The zero-order valence-corrected chi connectivity index (χ0v) is 17.3. The fourth-order valence-electron chi connectivity index (χ4n) is 3.25. The largest absolute Gasteiger partial charge is 0.363 e. The number of para-hydroxylation sites is 1. The van der Waals surface area contributed by atoms with Gasteiger partial charge in [-0.05, 0) is 55.8 Å². The second kappa shape index (κ2) is 10.3. The average molecular weight is 402 g/mol. The number of carbonyl (C=O) groups is 2. The van der Waals surface area contributed by atoms with Gasteiger partial charge in [-0.25, -0.2) is 0 Å². The number of rotatable bonds is 8. The minimum absolute atomic E-state index is 0.0491. The minimum Gasteiger partial charge on any atom is -0.363 e. The molecule has 3 aromatic rings. The van der Waals surface area contributed by atoms with Crippen LogP contribution in [0.3, 0.4) is 0 Å². The van der Waals surface area contributed by atoms with Gasteiger partial charge >= 0.3 is 0 Å². The molecular weight excluding hydrogens is 374 g/mol. The van der Waals surface area contributed by atoms with Crippen LogP contribution in [-0.4, -0.2) is 24.9 Å². The maximum atomic E-state index is 12.6. The van der Waals surface area contributed by atoms with E-state index in [-0.39, 0.29) is 24.4 Å². The number of anilines is 2. The number of carbonyl (C=O) groups excluding carboxylic acids is 2. The Bertz CT molecular complexity index is 974. The molecule has 0 saturated carbocycles. The first-order valence-corrected chi connectivity index (χ1v) is 10.1. The third-order valence-corrected chi connectivity index (χ3v) is 4.90. The molecule has 0 saturated heterocycles. The Morgan fingerprint density at radius 3 is 2.23 bits per heavy atom. The summed E-state index contributed by atoms with van der Waals surface area (Å²) in [4.78, 5) is 27.0. The van der Waals surface area contributed by atoms with Gasteiger partial charge in [0, 0.05) is 23.5 Å². The first-order chi connectivity index (χ1) is 14.6. The SMILES string of the molecule is CCN(CC(=O)NC(C)c1cccc(NC(=O)c2ccccc2)c1)c1ccccc1. The Labute approximate surface area is 177 Å². The van der Waals surface area contributed by atoms with Crippen LogP contribution in [0.2, 0.25) is 0 Å². The molecule has 0 aliphatic rings. The van der Waals surface area contributed by atoms with E-state index >= 15 is 0 Å². The number of nitrogens with zero attached hydrogens (tertiary/aromatic N) is 1. The number of benzene rings is 3. The molecule has 0 aliphatic carbocycles. The lowest BCUT2D eigenvalue weighted by molar-refractivity contribution is -0.120. The monoisotopic (exact) mass is 401 g/mol. The highest BCUT2D eigenvalue weighted by molar-refractivity contribution is 6.04. The van der Waals surface area contributed by atoms with Gasteiger partial charge in [0.05, 0.1) is 12.6 Å². The van der Waals surface area contributed by atoms with Gasteiger partial charge in [0.25, 0.3) is 5.91 Å². The van der Waals surface area contributed by atoms with Crippen molar-refractivity contribution in [3.8, 4) is 0 Å². The van der Waals surface area contributed by atoms with Crippen LogP contribution in [0.1, 0.15) is 35.8 Å². The molecular formula is C25H27N3O2. The molecule has 30 heavy (non-hydrogen) atoms. The summed E-state index contributed by atoms with van der Waals surface area (Å²) in [6, 6.07) is 26.3. The van der Waals surface area contributed by atoms with Crippen molar-refractivity contribution in [1.29, 1.82) is 0 Å². The van der Waals surface area contributed by atoms with Gasteiger partial charge in [0.15, 0.2) is 0 Å². The number of hydrogen-bond donors (Lipinski definition) is 2. The topological polar surface area (TPSA) is 61.4 Å². The normalized spacial score (nSPS) is 11.4. The second-order valence-corrected chi connectivity index (χ2v) is 7.08. The molecule has 0 aromatic heterocycles. The molecule has 1 unspecified atom stereocenters. The summed E-state index contributed by atoms with van der Waals surface area (Å²) in [7, 11) is 0. The van der Waals surface area contributed by atoms with E-state index in [1.54, 1.807) is 12.1 Å². The quantitative estimate of drug-likeness (QED) is 0.578. The van der Waals surface area contributed by atoms with E-state index in [0.29, 0.717) is 11.3 Å². The lowest BCUT2D eigenvalue weighted by Crippen LogP contribution is -2.38. The Balaban J connectivity index is 1.61. The summed E-state index contributed by atoms with van der Waals surface area (Å²) >= 11 is 0. The highest BCUT2D eigenvalue weighted by Gasteiger charge is 2.14. The van der Waals surface area contributed by atoms with Crippen molar-refractivity contribution in [1.82, 2.24) is 5.32 Å². The molecule has 0 radical (unpaired) electrons. The standard InChI is InChI=1S/C25H27N3O2/c1-3-28(23-15-8-5-9-16-23)18-24(29)26-19(2)21-13-10-14-22(17-21)27-25(30)20-11-6-4-7-12-20/h4-17,19H,3,18H2,1-2H3,(H,26,29)(H,27,30). The molecule has 5 nitrogen and oxygen atoms in total. The third kappa shape index (κ3) is 5.70. The summed E-state index contributed by atoms with van der Waals surface area (Å²) < 4.78 is 0. The number of hydrogen-bond acceptors (Lipinski definition) is 3. The van der Waals surface area contributed by atoms with Gasteiger partial charge in [-0.1, -0.05) is 48.5 Å². The first kappa shape index (κ1) is 21.1. The maximum absolute atomic E-state index is 12.6. The molecule has 1 atom stereocenters. The first-order valence-electron chi connectivity index (χ1n) is 10.1. The molecule has 0 aliphatic heterocycles. The van der Waals surface area contributed by atoms with Crippen molar-refractivity contribution in [3.05, 3.63) is 96.1 Å². The molecule has 154 valence electrons. The molecule has 0 bridgehead atoms. The van der Waals surface area contributed by atoms with Crippen LogP contribution in [0.4, 0.5) is 11.4 Å². The number of amides is 2. The highest BCUT2D eigenvalue weighted by atomic mass is 16.2. The zero-order valence-electron chi connectivity index (χ0n) is 17.3. The van der Waals surface area contributed by atoms with E-state index < -0.39 is 0 Å². The van der Waals surface area contributed by atoms with Gasteiger partial charge in [-0.3, -0.25) is 9.59 Å². The van der Waals surface area contributed by atoms with E-state index in [9.17, 15) is 9.59 Å². The van der Waals surface area contributed by atoms with Crippen LogP contribution in [0, 0.1) is 0 Å². The Kier molecular flexibility index (Phi) is 7.22. The predicted molar refractivity (Wildman–Crippen MR) is 122 cm³/mol. The van der Waals surface area contributed by atoms with Crippen molar-refractivity contribution >= 4 is 23.2 Å². The molecule has 0 fully saturated rings. The van der Waals surface area contributed by atoms with Gasteiger partial charge < -0.3 is 15.5 Å². The van der Waals surface area contributed by atoms with Crippen LogP contribution in [0.15, 0.2) is 84.9 Å². The molecule has 3 rings (SSSR count). The Morgan fingerprint density at radius 2 is 1.57 bits per heavy atom. The third-order valence-electron chi connectivity index (χ3n) is 4.90. The molecule has 2 N–H and O–H groups in total. The minimum atomic E-state index is -0.180. The van der Waals surface area contributed by atoms with Crippen LogP contribution in [0.25, 0.3) is 0 Å². The van der Waals surface area contributed by atoms with Crippen molar-refractivity contribution in [2.45, 2.75) is 19.9 Å². The smallest absolute Gasteiger partial charge is 0.255 e. The maximum Gasteiger partial charge on any atom is 0.255 e. The fraction of sp³-hybridized carbons (Fsp3) is 0.200. The zero-order chi connectivity index (χ0) is 21.3. The number of nitrogens with one attached hydrogen (secondary N) is 2. The van der Waals surface area contributed by atoms with E-state index in [1.807, 2.05) is 91.5 Å². The fourth-order valence-corrected chi connectivity index (χ4v) is 3.25. The molecule has 5 heteroatoms. The van der Waals surface area contributed by atoms with E-state index in [2.05, 4.69) is 10.6 Å². The van der Waals surface area contributed by atoms with Gasteiger partial charge in [-0.15, -0.1) is 0 Å². The van der Waals surface area contributed by atoms with Crippen molar-refractivity contribution in [2.24, 2.45) is 0 Å². The van der Waals surface area contributed by atoms with E-state index in [0.717, 1.165) is 17.8 Å². The summed E-state index contributed by atoms with van der Waals surface area (Å²) in [5, 5.41) is 5.96. The molecule has 2 amide bonds. The lowest BCUT2D eigenvalue weighted by Gasteiger charge is -2.24. The highest BCUT2D eigenvalue weighted by Crippen LogP contribution is 2.19. The van der Waals surface area contributed by atoms with Crippen molar-refractivity contribution < 1.29 is 9.59 Å². The summed E-state index contributed by atoms with van der Waals surface area (Å²) in [5.74, 6) is -0.210. The van der Waals surface area contributed by atoms with Crippen LogP contribution < -0.4 is 15.5 Å². The van der Waals surface area contributed by atoms with Crippen LogP contribution in [0.5, 0.6) is 0 Å². The predicted octanol–water partition coefficient (Wildman–Crippen LogP) is 4.64. The van der Waals surface area contributed by atoms with Crippen LogP contribution >= 0.6 is 0 Å². The van der Waals surface area contributed by atoms with Gasteiger partial charge in [0.2, 0.25) is 5.91 Å². The summed E-state index contributed by atoms with van der Waals surface area (Å²) in [6.45, 7) is 5.00. The molecule has 0 spiro atoms. The van der Waals surface area contributed by atoms with Gasteiger partial charge in [-0.2, -0.15) is 0 Å².